The van der Waals surface area contributed by atoms with E-state index in [0.29, 0.717) is 22.2 Å². The SMILES string of the molecule is CC(C)N(C)S(=O)(=O)c1cccc(C(=O)N(C)Cc2ccc(Cl)c(Cl)c2)c1. The number of nitrogens with zero attached hydrogens (tertiary/aromatic N) is 2. The molecule has 0 spiro atoms. The van der Waals surface area contributed by atoms with Crippen molar-refractivity contribution in [1.82, 2.24) is 9.21 Å². The summed E-state index contributed by atoms with van der Waals surface area (Å²) < 4.78 is 26.6. The fraction of sp³-hybridized carbons (Fsp3) is 0.316. The van der Waals surface area contributed by atoms with Crippen LogP contribution in [0.3, 0.4) is 0 Å². The molecule has 0 heterocycles. The molecule has 27 heavy (non-hydrogen) atoms. The Balaban J connectivity index is 2.25. The van der Waals surface area contributed by atoms with Crippen LogP contribution >= 0.6 is 23.2 Å². The molecule has 0 unspecified atom stereocenters. The van der Waals surface area contributed by atoms with Gasteiger partial charge in [0.15, 0.2) is 0 Å². The molecule has 1 amide bonds. The highest BCUT2D eigenvalue weighted by atomic mass is 35.5. The number of hydrogen-bond acceptors (Lipinski definition) is 3. The monoisotopic (exact) mass is 428 g/mol. The number of carbonyl (C=O) groups excluding carboxylic acids is 1. The first kappa shape index (κ1) is 21.7. The van der Waals surface area contributed by atoms with Crippen LogP contribution in [0.25, 0.3) is 0 Å². The molecule has 0 aliphatic heterocycles. The predicted octanol–water partition coefficient (Wildman–Crippen LogP) is 4.29. The van der Waals surface area contributed by atoms with Crippen LogP contribution in [0.4, 0.5) is 0 Å². The minimum absolute atomic E-state index is 0.0903. The summed E-state index contributed by atoms with van der Waals surface area (Å²) in [5.41, 5.74) is 1.12. The molecule has 0 aromatic heterocycles. The molecule has 2 aromatic carbocycles. The van der Waals surface area contributed by atoms with Gasteiger partial charge in [0.1, 0.15) is 0 Å². The van der Waals surface area contributed by atoms with Crippen molar-refractivity contribution in [3.8, 4) is 0 Å². The summed E-state index contributed by atoms with van der Waals surface area (Å²) in [6.07, 6.45) is 0. The lowest BCUT2D eigenvalue weighted by Gasteiger charge is -2.22. The van der Waals surface area contributed by atoms with E-state index in [9.17, 15) is 13.2 Å². The maximum Gasteiger partial charge on any atom is 0.253 e. The summed E-state index contributed by atoms with van der Waals surface area (Å²) in [5.74, 6) is -0.287. The predicted molar refractivity (Wildman–Crippen MR) is 109 cm³/mol. The second kappa shape index (κ2) is 8.61. The molecule has 0 fully saturated rings. The van der Waals surface area contributed by atoms with Crippen molar-refractivity contribution in [1.29, 1.82) is 0 Å². The number of benzene rings is 2. The third-order valence-corrected chi connectivity index (χ3v) is 7.00. The molecule has 146 valence electrons. The van der Waals surface area contributed by atoms with E-state index in [-0.39, 0.29) is 16.8 Å². The Kier molecular flexibility index (Phi) is 6.92. The third-order valence-electron chi connectivity index (χ3n) is 4.24. The van der Waals surface area contributed by atoms with E-state index in [2.05, 4.69) is 0 Å². The second-order valence-electron chi connectivity index (χ2n) is 6.55. The van der Waals surface area contributed by atoms with Crippen molar-refractivity contribution in [2.75, 3.05) is 14.1 Å². The van der Waals surface area contributed by atoms with Crippen LogP contribution in [-0.2, 0) is 16.6 Å². The first-order valence-corrected chi connectivity index (χ1v) is 10.5. The van der Waals surface area contributed by atoms with E-state index in [0.717, 1.165) is 5.56 Å². The Hall–Kier alpha value is -1.60. The van der Waals surface area contributed by atoms with Crippen molar-refractivity contribution in [2.45, 2.75) is 31.3 Å². The average molecular weight is 429 g/mol. The van der Waals surface area contributed by atoms with Gasteiger partial charge in [-0.25, -0.2) is 8.42 Å². The maximum absolute atomic E-state index is 12.7. The van der Waals surface area contributed by atoms with Gasteiger partial charge in [-0.15, -0.1) is 0 Å². The van der Waals surface area contributed by atoms with Crippen LogP contribution in [0.5, 0.6) is 0 Å². The van der Waals surface area contributed by atoms with Gasteiger partial charge in [-0.2, -0.15) is 4.31 Å². The van der Waals surface area contributed by atoms with Crippen molar-refractivity contribution in [3.63, 3.8) is 0 Å². The molecule has 0 N–H and O–H groups in total. The van der Waals surface area contributed by atoms with Crippen molar-refractivity contribution in [3.05, 3.63) is 63.6 Å². The summed E-state index contributed by atoms with van der Waals surface area (Å²) in [6.45, 7) is 3.90. The van der Waals surface area contributed by atoms with E-state index in [1.165, 1.54) is 28.4 Å². The Bertz CT molecular complexity index is 946. The number of amides is 1. The van der Waals surface area contributed by atoms with Crippen molar-refractivity contribution < 1.29 is 13.2 Å². The highest BCUT2D eigenvalue weighted by Crippen LogP contribution is 2.24. The molecule has 5 nitrogen and oxygen atoms in total. The molecular formula is C19H22Cl2N2O3S. The first-order chi connectivity index (χ1) is 12.5. The molecular weight excluding hydrogens is 407 g/mol. The zero-order chi connectivity index (χ0) is 20.4. The van der Waals surface area contributed by atoms with Crippen LogP contribution in [0.1, 0.15) is 29.8 Å². The number of carbonyl (C=O) groups is 1. The van der Waals surface area contributed by atoms with Crippen molar-refractivity contribution >= 4 is 39.1 Å². The van der Waals surface area contributed by atoms with Gasteiger partial charge in [-0.1, -0.05) is 35.3 Å². The number of rotatable bonds is 6. The van der Waals surface area contributed by atoms with E-state index in [4.69, 9.17) is 23.2 Å². The Morgan fingerprint density at radius 1 is 1.04 bits per heavy atom. The van der Waals surface area contributed by atoms with E-state index >= 15 is 0 Å². The van der Waals surface area contributed by atoms with Gasteiger partial charge in [0.25, 0.3) is 5.91 Å². The lowest BCUT2D eigenvalue weighted by atomic mass is 10.1. The summed E-state index contributed by atoms with van der Waals surface area (Å²) in [7, 11) is -0.495. The van der Waals surface area contributed by atoms with E-state index in [1.54, 1.807) is 51.2 Å². The lowest BCUT2D eigenvalue weighted by molar-refractivity contribution is 0.0785. The highest BCUT2D eigenvalue weighted by Gasteiger charge is 2.24. The van der Waals surface area contributed by atoms with E-state index in [1.807, 2.05) is 0 Å². The van der Waals surface area contributed by atoms with Crippen LogP contribution in [0.15, 0.2) is 47.4 Å². The number of sulfonamides is 1. The molecule has 0 radical (unpaired) electrons. The van der Waals surface area contributed by atoms with Gasteiger partial charge in [0, 0.05) is 32.2 Å². The van der Waals surface area contributed by atoms with Crippen LogP contribution in [0.2, 0.25) is 10.0 Å². The van der Waals surface area contributed by atoms with Gasteiger partial charge in [0.2, 0.25) is 10.0 Å². The first-order valence-electron chi connectivity index (χ1n) is 8.31. The topological polar surface area (TPSA) is 57.7 Å². The summed E-state index contributed by atoms with van der Waals surface area (Å²) in [6, 6.07) is 11.0. The van der Waals surface area contributed by atoms with Gasteiger partial charge >= 0.3 is 0 Å². The van der Waals surface area contributed by atoms with Crippen LogP contribution in [-0.4, -0.2) is 43.7 Å². The Morgan fingerprint density at radius 3 is 2.30 bits per heavy atom. The largest absolute Gasteiger partial charge is 0.337 e. The molecule has 2 rings (SSSR count). The minimum atomic E-state index is -3.66. The minimum Gasteiger partial charge on any atom is -0.337 e. The van der Waals surface area contributed by atoms with Crippen molar-refractivity contribution in [2.24, 2.45) is 0 Å². The van der Waals surface area contributed by atoms with E-state index < -0.39 is 10.0 Å². The second-order valence-corrected chi connectivity index (χ2v) is 9.36. The number of halogens is 2. The quantitative estimate of drug-likeness (QED) is 0.688. The zero-order valence-corrected chi connectivity index (χ0v) is 17.9. The van der Waals surface area contributed by atoms with Gasteiger partial charge in [-0.3, -0.25) is 4.79 Å². The Morgan fingerprint density at radius 2 is 1.70 bits per heavy atom. The average Bonchev–Trinajstić information content (AvgIpc) is 2.63. The molecule has 0 aliphatic rings. The normalized spacial score (nSPS) is 11.9. The molecule has 0 aliphatic carbocycles. The van der Waals surface area contributed by atoms with Gasteiger partial charge in [-0.05, 0) is 49.7 Å². The molecule has 0 saturated heterocycles. The number of hydrogen-bond donors (Lipinski definition) is 0. The summed E-state index contributed by atoms with van der Waals surface area (Å²) >= 11 is 11.9. The smallest absolute Gasteiger partial charge is 0.253 e. The zero-order valence-electron chi connectivity index (χ0n) is 15.6. The molecule has 8 heteroatoms. The molecule has 2 aromatic rings. The van der Waals surface area contributed by atoms with Crippen LogP contribution < -0.4 is 0 Å². The molecule has 0 atom stereocenters. The fourth-order valence-electron chi connectivity index (χ4n) is 2.44. The van der Waals surface area contributed by atoms with Crippen LogP contribution in [0, 0.1) is 0 Å². The fourth-order valence-corrected chi connectivity index (χ4v) is 4.17. The maximum atomic E-state index is 12.7. The lowest BCUT2D eigenvalue weighted by Crippen LogP contribution is -2.33. The van der Waals surface area contributed by atoms with Gasteiger partial charge in [0.05, 0.1) is 14.9 Å². The Labute approximate surface area is 170 Å². The third kappa shape index (κ3) is 5.02. The van der Waals surface area contributed by atoms with Gasteiger partial charge < -0.3 is 4.90 Å². The highest BCUT2D eigenvalue weighted by molar-refractivity contribution is 7.89. The molecule has 0 bridgehead atoms. The molecule has 0 saturated carbocycles. The standard InChI is InChI=1S/C19H22Cl2N2O3S/c1-13(2)23(4)27(25,26)16-7-5-6-15(11-16)19(24)22(3)12-14-8-9-17(20)18(21)10-14/h5-11,13H,12H2,1-4H3. The summed E-state index contributed by atoms with van der Waals surface area (Å²) in [5, 5.41) is 0.862. The summed E-state index contributed by atoms with van der Waals surface area (Å²) in [4.78, 5) is 14.3.